The predicted octanol–water partition coefficient (Wildman–Crippen LogP) is 3.26. The second kappa shape index (κ2) is 5.81. The fourth-order valence-corrected chi connectivity index (χ4v) is 1.98. The van der Waals surface area contributed by atoms with Gasteiger partial charge in [-0.15, -0.1) is 0 Å². The number of aromatic nitrogens is 1. The van der Waals surface area contributed by atoms with Crippen molar-refractivity contribution in [3.05, 3.63) is 70.0 Å². The molecule has 0 amide bonds. The zero-order valence-corrected chi connectivity index (χ0v) is 11.8. The maximum absolute atomic E-state index is 12.5. The summed E-state index contributed by atoms with van der Waals surface area (Å²) in [5.74, 6) is 0.434. The third-order valence-electron chi connectivity index (χ3n) is 3.16. The smallest absolute Gasteiger partial charge is 0.386 e. The molecule has 0 atom stereocenters. The van der Waals surface area contributed by atoms with Crippen LogP contribution in [0.1, 0.15) is 11.1 Å². The highest BCUT2D eigenvalue weighted by atomic mass is 19.4. The van der Waals surface area contributed by atoms with Crippen molar-refractivity contribution in [2.75, 3.05) is 5.01 Å². The molecule has 7 nitrogen and oxygen atoms in total. The van der Waals surface area contributed by atoms with Gasteiger partial charge in [-0.2, -0.15) is 13.2 Å². The van der Waals surface area contributed by atoms with Gasteiger partial charge in [0.1, 0.15) is 5.82 Å². The summed E-state index contributed by atoms with van der Waals surface area (Å²) in [4.78, 5) is 19.1. The number of nitrogens with zero attached hydrogens (tertiary/aromatic N) is 3. The van der Waals surface area contributed by atoms with Crippen molar-refractivity contribution in [2.45, 2.75) is 6.18 Å². The molecule has 1 N–H and O–H groups in total. The Kier molecular flexibility index (Phi) is 3.81. The summed E-state index contributed by atoms with van der Waals surface area (Å²) in [6.07, 6.45) is -2.34. The van der Waals surface area contributed by atoms with E-state index in [4.69, 9.17) is 4.84 Å². The van der Waals surface area contributed by atoms with Crippen molar-refractivity contribution < 1.29 is 22.9 Å². The molecule has 0 unspecified atom stereocenters. The van der Waals surface area contributed by atoms with Crippen LogP contribution in [0.25, 0.3) is 5.76 Å². The highest BCUT2D eigenvalue weighted by Crippen LogP contribution is 2.30. The van der Waals surface area contributed by atoms with Crippen LogP contribution in [0.3, 0.4) is 0 Å². The maximum Gasteiger partial charge on any atom is 0.417 e. The van der Waals surface area contributed by atoms with Crippen LogP contribution in [0, 0.1) is 10.1 Å². The molecule has 24 heavy (non-hydrogen) atoms. The van der Waals surface area contributed by atoms with E-state index < -0.39 is 16.7 Å². The Morgan fingerprint density at radius 2 is 2.04 bits per heavy atom. The van der Waals surface area contributed by atoms with E-state index in [0.29, 0.717) is 11.8 Å². The number of anilines is 1. The van der Waals surface area contributed by atoms with Gasteiger partial charge in [0.05, 0.1) is 16.7 Å². The van der Waals surface area contributed by atoms with Gasteiger partial charge in [-0.25, -0.2) is 9.99 Å². The first kappa shape index (κ1) is 15.7. The number of nitro groups is 1. The van der Waals surface area contributed by atoms with Gasteiger partial charge in [0.15, 0.2) is 5.76 Å². The van der Waals surface area contributed by atoms with E-state index in [2.05, 4.69) is 10.6 Å². The lowest BCUT2D eigenvalue weighted by Crippen LogP contribution is -2.27. The Morgan fingerprint density at radius 3 is 2.67 bits per heavy atom. The van der Waals surface area contributed by atoms with Crippen molar-refractivity contribution >= 4 is 17.3 Å². The summed E-state index contributed by atoms with van der Waals surface area (Å²) in [6, 6.07) is 7.81. The molecule has 0 bridgehead atoms. The molecule has 124 valence electrons. The fraction of sp³-hybridized carbons (Fsp3) is 0.0714. The number of hydrogen-bond donors (Lipinski definition) is 1. The number of pyridine rings is 1. The highest BCUT2D eigenvalue weighted by Gasteiger charge is 2.31. The minimum absolute atomic E-state index is 0.108. The second-order valence-electron chi connectivity index (χ2n) is 4.77. The van der Waals surface area contributed by atoms with Gasteiger partial charge < -0.3 is 4.84 Å². The Morgan fingerprint density at radius 1 is 1.25 bits per heavy atom. The zero-order valence-electron chi connectivity index (χ0n) is 11.8. The van der Waals surface area contributed by atoms with E-state index in [1.54, 1.807) is 6.07 Å². The fourth-order valence-electron chi connectivity index (χ4n) is 1.98. The van der Waals surface area contributed by atoms with Gasteiger partial charge >= 0.3 is 6.18 Å². The van der Waals surface area contributed by atoms with E-state index in [9.17, 15) is 23.3 Å². The summed E-state index contributed by atoms with van der Waals surface area (Å²) >= 11 is 0. The van der Waals surface area contributed by atoms with Crippen LogP contribution in [0.4, 0.5) is 24.7 Å². The molecular weight excluding hydrogens is 329 g/mol. The van der Waals surface area contributed by atoms with Gasteiger partial charge in [-0.1, -0.05) is 17.7 Å². The van der Waals surface area contributed by atoms with Crippen LogP contribution in [0.15, 0.2) is 48.8 Å². The van der Waals surface area contributed by atoms with Crippen molar-refractivity contribution in [1.82, 2.24) is 10.6 Å². The number of hydrogen-bond acceptors (Lipinski definition) is 6. The molecule has 0 spiro atoms. The van der Waals surface area contributed by atoms with Gasteiger partial charge in [0.25, 0.3) is 5.69 Å². The molecule has 0 fully saturated rings. The van der Waals surface area contributed by atoms with Gasteiger partial charge in [0.2, 0.25) is 0 Å². The molecule has 3 rings (SSSR count). The van der Waals surface area contributed by atoms with Crippen LogP contribution in [-0.2, 0) is 11.0 Å². The average Bonchev–Trinajstić information content (AvgIpc) is 3.04. The molecule has 2 heterocycles. The number of rotatable bonds is 3. The van der Waals surface area contributed by atoms with Gasteiger partial charge in [-0.05, 0) is 12.1 Å². The summed E-state index contributed by atoms with van der Waals surface area (Å²) < 4.78 is 37.6. The molecule has 1 aromatic carbocycles. The molecule has 1 aliphatic heterocycles. The van der Waals surface area contributed by atoms with Crippen LogP contribution in [-0.4, -0.2) is 9.91 Å². The third kappa shape index (κ3) is 3.13. The molecule has 1 aliphatic rings. The minimum Gasteiger partial charge on any atom is -0.386 e. The summed E-state index contributed by atoms with van der Waals surface area (Å²) in [5.41, 5.74) is 1.92. The van der Waals surface area contributed by atoms with Crippen molar-refractivity contribution in [3.63, 3.8) is 0 Å². The van der Waals surface area contributed by atoms with Crippen molar-refractivity contribution in [1.29, 1.82) is 0 Å². The molecule has 1 aromatic heterocycles. The molecular formula is C14H9F3N4O3. The SMILES string of the molecule is O=[N+]([O-])c1cccc(C2=CN(c3ccc(C(F)(F)F)cn3)NO2)c1. The second-order valence-corrected chi connectivity index (χ2v) is 4.77. The number of nitrogens with one attached hydrogen (secondary N) is 1. The molecule has 0 saturated carbocycles. The zero-order chi connectivity index (χ0) is 17.3. The molecule has 2 aromatic rings. The van der Waals surface area contributed by atoms with E-state index in [-0.39, 0.29) is 17.3 Å². The number of benzene rings is 1. The average molecular weight is 338 g/mol. The van der Waals surface area contributed by atoms with E-state index in [0.717, 1.165) is 6.07 Å². The molecule has 0 radical (unpaired) electrons. The maximum atomic E-state index is 12.5. The predicted molar refractivity (Wildman–Crippen MR) is 77.0 cm³/mol. The molecule has 0 saturated heterocycles. The number of hydrazine groups is 1. The topological polar surface area (TPSA) is 80.5 Å². The number of non-ortho nitro benzene ring substituents is 1. The van der Waals surface area contributed by atoms with E-state index in [1.807, 2.05) is 0 Å². The summed E-state index contributed by atoms with van der Waals surface area (Å²) in [5, 5.41) is 12.0. The van der Waals surface area contributed by atoms with Crippen molar-refractivity contribution in [3.8, 4) is 0 Å². The van der Waals surface area contributed by atoms with Crippen LogP contribution in [0.2, 0.25) is 0 Å². The first-order valence-electron chi connectivity index (χ1n) is 6.56. The van der Waals surface area contributed by atoms with Crippen LogP contribution < -0.4 is 10.6 Å². The number of halogens is 3. The Balaban J connectivity index is 1.83. The Labute approximate surface area is 133 Å². The van der Waals surface area contributed by atoms with Gasteiger partial charge in [-0.3, -0.25) is 10.1 Å². The monoisotopic (exact) mass is 338 g/mol. The number of alkyl halides is 3. The first-order valence-corrected chi connectivity index (χ1v) is 6.56. The molecule has 10 heteroatoms. The minimum atomic E-state index is -4.47. The molecule has 0 aliphatic carbocycles. The summed E-state index contributed by atoms with van der Waals surface area (Å²) in [6.45, 7) is 0. The summed E-state index contributed by atoms with van der Waals surface area (Å²) in [7, 11) is 0. The van der Waals surface area contributed by atoms with Crippen LogP contribution in [0.5, 0.6) is 0 Å². The standard InChI is InChI=1S/C14H9F3N4O3/c15-14(16,17)10-4-5-13(18-7-10)20-8-12(24-19-20)9-2-1-3-11(6-9)21(22)23/h1-8,19H. The lowest BCUT2D eigenvalue weighted by atomic mass is 10.2. The Bertz CT molecular complexity index is 806. The van der Waals surface area contributed by atoms with Gasteiger partial charge in [0, 0.05) is 23.9 Å². The Hall–Kier alpha value is -3.14. The van der Waals surface area contributed by atoms with E-state index in [1.165, 1.54) is 35.5 Å². The largest absolute Gasteiger partial charge is 0.417 e. The van der Waals surface area contributed by atoms with E-state index >= 15 is 0 Å². The highest BCUT2D eigenvalue weighted by molar-refractivity contribution is 5.66. The number of nitro benzene ring substituents is 1. The lowest BCUT2D eigenvalue weighted by Gasteiger charge is -2.13. The van der Waals surface area contributed by atoms with Crippen LogP contribution >= 0.6 is 0 Å². The normalized spacial score (nSPS) is 14.3. The first-order chi connectivity index (χ1) is 11.3. The van der Waals surface area contributed by atoms with Crippen molar-refractivity contribution in [2.24, 2.45) is 0 Å². The third-order valence-corrected chi connectivity index (χ3v) is 3.16. The quantitative estimate of drug-likeness (QED) is 0.683. The lowest BCUT2D eigenvalue weighted by molar-refractivity contribution is -0.384.